The number of allylic oxidation sites excluding steroid dienone is 2. The smallest absolute Gasteiger partial charge is 0.0761 e. The normalized spacial score (nSPS) is 26.2. The number of aryl methyl sites for hydroxylation is 1. The highest BCUT2D eigenvalue weighted by Gasteiger charge is 2.43. The van der Waals surface area contributed by atoms with Crippen LogP contribution in [0.15, 0.2) is 72.3 Å². The number of nitrogens with zero attached hydrogens (tertiary/aromatic N) is 1. The summed E-state index contributed by atoms with van der Waals surface area (Å²) in [6.45, 7) is 2.07. The summed E-state index contributed by atoms with van der Waals surface area (Å²) >= 11 is 0. The molecule has 0 aromatic heterocycles. The van der Waals surface area contributed by atoms with Crippen LogP contribution in [0.3, 0.4) is 0 Å². The van der Waals surface area contributed by atoms with Crippen LogP contribution in [0.4, 0.5) is 5.69 Å². The van der Waals surface area contributed by atoms with Crippen LogP contribution in [0.5, 0.6) is 0 Å². The van der Waals surface area contributed by atoms with Crippen molar-refractivity contribution in [2.24, 2.45) is 17.8 Å². The van der Waals surface area contributed by atoms with Crippen molar-refractivity contribution >= 4 is 5.69 Å². The van der Waals surface area contributed by atoms with Gasteiger partial charge in [-0.25, -0.2) is 0 Å². The fourth-order valence-corrected chi connectivity index (χ4v) is 5.35. The van der Waals surface area contributed by atoms with Crippen molar-refractivity contribution in [2.45, 2.75) is 44.8 Å². The second-order valence-corrected chi connectivity index (χ2v) is 9.62. The van der Waals surface area contributed by atoms with Crippen molar-refractivity contribution < 1.29 is 10.2 Å². The van der Waals surface area contributed by atoms with Gasteiger partial charge in [0.05, 0.1) is 12.2 Å². The predicted octanol–water partition coefficient (Wildman–Crippen LogP) is 4.71. The van der Waals surface area contributed by atoms with Crippen molar-refractivity contribution in [1.29, 1.82) is 0 Å². The molecule has 2 aliphatic carbocycles. The van der Waals surface area contributed by atoms with Crippen molar-refractivity contribution in [1.82, 2.24) is 0 Å². The van der Waals surface area contributed by atoms with E-state index >= 15 is 0 Å². The summed E-state index contributed by atoms with van der Waals surface area (Å²) in [5.74, 6) is 1.02. The molecule has 4 rings (SSSR count). The summed E-state index contributed by atoms with van der Waals surface area (Å²) < 4.78 is 0. The highest BCUT2D eigenvalue weighted by atomic mass is 16.3. The van der Waals surface area contributed by atoms with E-state index in [2.05, 4.69) is 80.5 Å². The minimum atomic E-state index is -0.518. The largest absolute Gasteiger partial charge is 0.392 e. The van der Waals surface area contributed by atoms with Gasteiger partial charge in [-0.1, -0.05) is 65.8 Å². The van der Waals surface area contributed by atoms with Crippen molar-refractivity contribution in [3.63, 3.8) is 0 Å². The molecule has 1 fully saturated rings. The molecule has 0 aliphatic heterocycles. The minimum Gasteiger partial charge on any atom is -0.392 e. The summed E-state index contributed by atoms with van der Waals surface area (Å²) in [7, 11) is 4.15. The Morgan fingerprint density at radius 3 is 2.65 bits per heavy atom. The zero-order valence-corrected chi connectivity index (χ0v) is 18.9. The van der Waals surface area contributed by atoms with E-state index in [9.17, 15) is 10.2 Å². The number of anilines is 1. The van der Waals surface area contributed by atoms with Crippen LogP contribution in [-0.2, 0) is 12.8 Å². The molecule has 0 spiro atoms. The Kier molecular flexibility index (Phi) is 6.64. The fourth-order valence-electron chi connectivity index (χ4n) is 5.35. The molecule has 1 saturated carbocycles. The van der Waals surface area contributed by atoms with Gasteiger partial charge in [0.15, 0.2) is 0 Å². The Labute approximate surface area is 186 Å². The standard InChI is InChI=1S/C28H35NO2/c1-19-6-4-7-20(12-19)16-25(30)10-11-26-27-17-22(14-23(27)18-28(26)31)13-21-8-5-9-24(15-21)29(2)3/h4-12,14-15,23,25-28,30-31H,13,16-18H2,1-3H3/b11-10+/t23-,25+,26+,27-,28+/m0/s1. The van der Waals surface area contributed by atoms with Crippen LogP contribution >= 0.6 is 0 Å². The van der Waals surface area contributed by atoms with Crippen LogP contribution in [0.2, 0.25) is 0 Å². The highest BCUT2D eigenvalue weighted by molar-refractivity contribution is 5.48. The van der Waals surface area contributed by atoms with Gasteiger partial charge in [0, 0.05) is 32.1 Å². The van der Waals surface area contributed by atoms with E-state index in [0.717, 1.165) is 24.8 Å². The number of aliphatic hydroxyl groups excluding tert-OH is 2. The maximum absolute atomic E-state index is 10.6. The molecule has 0 unspecified atom stereocenters. The number of fused-ring (bicyclic) bond motifs is 1. The first-order valence-electron chi connectivity index (χ1n) is 11.4. The van der Waals surface area contributed by atoms with E-state index in [1.807, 2.05) is 12.1 Å². The third kappa shape index (κ3) is 5.28. The number of aliphatic hydroxyl groups is 2. The molecule has 164 valence electrons. The lowest BCUT2D eigenvalue weighted by molar-refractivity contribution is 0.140. The third-order valence-electron chi connectivity index (χ3n) is 6.89. The first-order chi connectivity index (χ1) is 14.9. The van der Waals surface area contributed by atoms with Gasteiger partial charge < -0.3 is 15.1 Å². The van der Waals surface area contributed by atoms with Crippen molar-refractivity contribution in [2.75, 3.05) is 19.0 Å². The van der Waals surface area contributed by atoms with Crippen LogP contribution in [0, 0.1) is 24.7 Å². The molecule has 2 aliphatic rings. The first kappa shape index (κ1) is 21.9. The lowest BCUT2D eigenvalue weighted by Gasteiger charge is -2.19. The number of hydrogen-bond donors (Lipinski definition) is 2. The summed E-state index contributed by atoms with van der Waals surface area (Å²) in [5.41, 5.74) is 6.42. The Morgan fingerprint density at radius 2 is 1.87 bits per heavy atom. The average molecular weight is 418 g/mol. The zero-order chi connectivity index (χ0) is 22.0. The van der Waals surface area contributed by atoms with Gasteiger partial charge >= 0.3 is 0 Å². The lowest BCUT2D eigenvalue weighted by Crippen LogP contribution is -2.18. The maximum Gasteiger partial charge on any atom is 0.0761 e. The zero-order valence-electron chi connectivity index (χ0n) is 18.9. The topological polar surface area (TPSA) is 43.7 Å². The molecule has 2 N–H and O–H groups in total. The predicted molar refractivity (Wildman–Crippen MR) is 128 cm³/mol. The average Bonchev–Trinajstić information content (AvgIpc) is 3.22. The van der Waals surface area contributed by atoms with E-state index in [1.165, 1.54) is 22.4 Å². The Morgan fingerprint density at radius 1 is 1.10 bits per heavy atom. The second kappa shape index (κ2) is 9.42. The van der Waals surface area contributed by atoms with E-state index in [4.69, 9.17) is 0 Å². The van der Waals surface area contributed by atoms with Crippen molar-refractivity contribution in [3.8, 4) is 0 Å². The minimum absolute atomic E-state index is 0.124. The Balaban J connectivity index is 1.37. The van der Waals surface area contributed by atoms with Crippen LogP contribution in [-0.4, -0.2) is 36.5 Å². The second-order valence-electron chi connectivity index (χ2n) is 9.62. The molecule has 0 amide bonds. The van der Waals surface area contributed by atoms with Crippen LogP contribution in [0.1, 0.15) is 29.5 Å². The van der Waals surface area contributed by atoms with Gasteiger partial charge in [0.2, 0.25) is 0 Å². The molecule has 2 aromatic rings. The monoisotopic (exact) mass is 417 g/mol. The van der Waals surface area contributed by atoms with Gasteiger partial charge in [0.25, 0.3) is 0 Å². The van der Waals surface area contributed by atoms with E-state index in [1.54, 1.807) is 0 Å². The molecular weight excluding hydrogens is 382 g/mol. The molecule has 31 heavy (non-hydrogen) atoms. The molecule has 3 heteroatoms. The van der Waals surface area contributed by atoms with Gasteiger partial charge in [-0.15, -0.1) is 0 Å². The molecule has 0 bridgehead atoms. The van der Waals surface area contributed by atoms with Crippen LogP contribution in [0.25, 0.3) is 0 Å². The van der Waals surface area contributed by atoms with Gasteiger partial charge in [-0.2, -0.15) is 0 Å². The summed E-state index contributed by atoms with van der Waals surface area (Å²) in [6.07, 6.45) is 9.02. The molecule has 3 nitrogen and oxygen atoms in total. The first-order valence-corrected chi connectivity index (χ1v) is 11.4. The molecule has 5 atom stereocenters. The molecule has 2 aromatic carbocycles. The highest BCUT2D eigenvalue weighted by Crippen LogP contribution is 2.48. The third-order valence-corrected chi connectivity index (χ3v) is 6.89. The van der Waals surface area contributed by atoms with Crippen molar-refractivity contribution in [3.05, 3.63) is 89.0 Å². The molecule has 0 saturated heterocycles. The van der Waals surface area contributed by atoms with E-state index in [0.29, 0.717) is 18.3 Å². The fraction of sp³-hybridized carbons (Fsp3) is 0.429. The quantitative estimate of drug-likeness (QED) is 0.642. The Hall–Kier alpha value is -2.36. The van der Waals surface area contributed by atoms with E-state index < -0.39 is 6.10 Å². The number of rotatable bonds is 7. The van der Waals surface area contributed by atoms with Crippen LogP contribution < -0.4 is 4.90 Å². The lowest BCUT2D eigenvalue weighted by atomic mass is 9.88. The number of benzene rings is 2. The molecule has 0 radical (unpaired) electrons. The Bertz CT molecular complexity index is 961. The summed E-state index contributed by atoms with van der Waals surface area (Å²) in [4.78, 5) is 2.14. The maximum atomic E-state index is 10.6. The summed E-state index contributed by atoms with van der Waals surface area (Å²) in [5, 5.41) is 21.2. The van der Waals surface area contributed by atoms with Gasteiger partial charge in [-0.3, -0.25) is 0 Å². The molecular formula is C28H35NO2. The summed E-state index contributed by atoms with van der Waals surface area (Å²) in [6, 6.07) is 17.0. The molecule has 0 heterocycles. The van der Waals surface area contributed by atoms with Gasteiger partial charge in [0.1, 0.15) is 0 Å². The van der Waals surface area contributed by atoms with Gasteiger partial charge in [-0.05, 0) is 61.3 Å². The number of hydrogen-bond acceptors (Lipinski definition) is 3. The van der Waals surface area contributed by atoms with E-state index in [-0.39, 0.29) is 12.0 Å². The SMILES string of the molecule is Cc1cccc(C[C@H](O)/C=C/[C@@H]2[C@H]3CC(Cc4cccc(N(C)C)c4)=C[C@H]3C[C@H]2O)c1.